The fourth-order valence-corrected chi connectivity index (χ4v) is 2.87. The highest BCUT2D eigenvalue weighted by Gasteiger charge is 2.09. The summed E-state index contributed by atoms with van der Waals surface area (Å²) in [6.45, 7) is 0.600. The van der Waals surface area contributed by atoms with Gasteiger partial charge in [0.05, 0.1) is 12.7 Å². The van der Waals surface area contributed by atoms with Crippen LogP contribution in [0.3, 0.4) is 0 Å². The van der Waals surface area contributed by atoms with Gasteiger partial charge in [-0.2, -0.15) is 5.10 Å². The van der Waals surface area contributed by atoms with E-state index in [1.807, 2.05) is 60.7 Å². The predicted octanol–water partition coefficient (Wildman–Crippen LogP) is 4.27. The van der Waals surface area contributed by atoms with Gasteiger partial charge in [0.15, 0.2) is 0 Å². The van der Waals surface area contributed by atoms with E-state index in [1.54, 1.807) is 10.9 Å². The van der Waals surface area contributed by atoms with Gasteiger partial charge >= 0.3 is 0 Å². The minimum atomic E-state index is -0.00673. The molecule has 1 aromatic heterocycles. The Balaban J connectivity index is 1.61. The largest absolute Gasteiger partial charge is 0.311 e. The number of carbonyl (C=O) groups is 1. The van der Waals surface area contributed by atoms with E-state index in [4.69, 9.17) is 0 Å². The molecule has 0 bridgehead atoms. The number of halogens is 1. The van der Waals surface area contributed by atoms with Gasteiger partial charge in [-0.25, -0.2) is 4.68 Å². The van der Waals surface area contributed by atoms with Crippen molar-refractivity contribution in [1.82, 2.24) is 9.78 Å². The number of amides is 1. The summed E-state index contributed by atoms with van der Waals surface area (Å²) < 4.78 is 2.82. The molecule has 24 heavy (non-hydrogen) atoms. The van der Waals surface area contributed by atoms with Gasteiger partial charge in [-0.3, -0.25) is 4.79 Å². The molecule has 1 N–H and O–H groups in total. The standard InChI is InChI=1S/C19H18BrN3O/c20-17-9-5-4-8-16(17)14-23-18(12-13-21-23)22-19(24)11-10-15-6-2-1-3-7-15/h1-9,12-13H,10-11,14H2,(H,22,24). The average Bonchev–Trinajstić information content (AvgIpc) is 3.03. The van der Waals surface area contributed by atoms with E-state index in [9.17, 15) is 4.79 Å². The maximum atomic E-state index is 12.2. The summed E-state index contributed by atoms with van der Waals surface area (Å²) >= 11 is 3.54. The average molecular weight is 384 g/mol. The lowest BCUT2D eigenvalue weighted by atomic mass is 10.1. The van der Waals surface area contributed by atoms with E-state index in [0.717, 1.165) is 22.0 Å². The Hall–Kier alpha value is -2.40. The quantitative estimate of drug-likeness (QED) is 0.690. The number of nitrogens with one attached hydrogen (secondary N) is 1. The van der Waals surface area contributed by atoms with Crippen molar-refractivity contribution >= 4 is 27.7 Å². The summed E-state index contributed by atoms with van der Waals surface area (Å²) in [7, 11) is 0. The molecule has 122 valence electrons. The Labute approximate surface area is 149 Å². The second kappa shape index (κ2) is 7.93. The Morgan fingerprint density at radius 2 is 1.79 bits per heavy atom. The first-order chi connectivity index (χ1) is 11.7. The number of rotatable bonds is 6. The monoisotopic (exact) mass is 383 g/mol. The fourth-order valence-electron chi connectivity index (χ4n) is 2.46. The molecule has 0 saturated carbocycles. The lowest BCUT2D eigenvalue weighted by molar-refractivity contribution is -0.116. The van der Waals surface area contributed by atoms with Gasteiger partial charge in [0.25, 0.3) is 0 Å². The van der Waals surface area contributed by atoms with Crippen LogP contribution in [0.2, 0.25) is 0 Å². The van der Waals surface area contributed by atoms with E-state index in [0.29, 0.717) is 18.8 Å². The van der Waals surface area contributed by atoms with Gasteiger partial charge in [-0.1, -0.05) is 64.5 Å². The van der Waals surface area contributed by atoms with Crippen molar-refractivity contribution in [2.24, 2.45) is 0 Å². The molecule has 3 aromatic rings. The van der Waals surface area contributed by atoms with Crippen LogP contribution in [0.4, 0.5) is 5.82 Å². The normalized spacial score (nSPS) is 10.5. The first-order valence-corrected chi connectivity index (χ1v) is 8.60. The molecule has 0 aliphatic heterocycles. The maximum absolute atomic E-state index is 12.2. The highest BCUT2D eigenvalue weighted by Crippen LogP contribution is 2.19. The van der Waals surface area contributed by atoms with Gasteiger partial charge < -0.3 is 5.32 Å². The smallest absolute Gasteiger partial charge is 0.225 e. The van der Waals surface area contributed by atoms with Crippen molar-refractivity contribution < 1.29 is 4.79 Å². The van der Waals surface area contributed by atoms with E-state index < -0.39 is 0 Å². The minimum absolute atomic E-state index is 0.00673. The molecule has 0 aliphatic carbocycles. The van der Waals surface area contributed by atoms with Crippen LogP contribution in [0.25, 0.3) is 0 Å². The van der Waals surface area contributed by atoms with Crippen LogP contribution >= 0.6 is 15.9 Å². The number of benzene rings is 2. The number of aryl methyl sites for hydroxylation is 1. The summed E-state index contributed by atoms with van der Waals surface area (Å²) in [6.07, 6.45) is 2.87. The third kappa shape index (κ3) is 4.32. The van der Waals surface area contributed by atoms with Crippen LogP contribution in [-0.4, -0.2) is 15.7 Å². The SMILES string of the molecule is O=C(CCc1ccccc1)Nc1ccnn1Cc1ccccc1Br. The van der Waals surface area contributed by atoms with Crippen LogP contribution < -0.4 is 5.32 Å². The van der Waals surface area contributed by atoms with Crippen molar-refractivity contribution in [3.05, 3.63) is 82.5 Å². The Morgan fingerprint density at radius 1 is 1.04 bits per heavy atom. The Morgan fingerprint density at radius 3 is 2.58 bits per heavy atom. The zero-order chi connectivity index (χ0) is 16.8. The summed E-state index contributed by atoms with van der Waals surface area (Å²) in [6, 6.07) is 19.8. The molecule has 0 aliphatic rings. The number of carbonyl (C=O) groups excluding carboxylic acids is 1. The van der Waals surface area contributed by atoms with Gasteiger partial charge in [-0.05, 0) is 23.6 Å². The van der Waals surface area contributed by atoms with Crippen molar-refractivity contribution in [2.75, 3.05) is 5.32 Å². The lowest BCUT2D eigenvalue weighted by Gasteiger charge is -2.10. The second-order valence-corrected chi connectivity index (χ2v) is 6.35. The predicted molar refractivity (Wildman–Crippen MR) is 98.9 cm³/mol. The molecule has 4 nitrogen and oxygen atoms in total. The van der Waals surface area contributed by atoms with Crippen LogP contribution in [0, 0.1) is 0 Å². The molecule has 1 amide bonds. The summed E-state index contributed by atoms with van der Waals surface area (Å²) in [5, 5.41) is 7.25. The maximum Gasteiger partial charge on any atom is 0.225 e. The number of nitrogens with zero attached hydrogens (tertiary/aromatic N) is 2. The molecule has 5 heteroatoms. The van der Waals surface area contributed by atoms with Crippen LogP contribution in [0.15, 0.2) is 71.3 Å². The second-order valence-electron chi connectivity index (χ2n) is 5.50. The third-order valence-electron chi connectivity index (χ3n) is 3.75. The van der Waals surface area contributed by atoms with Crippen LogP contribution in [0.1, 0.15) is 17.5 Å². The molecule has 0 radical (unpaired) electrons. The van der Waals surface area contributed by atoms with E-state index in [-0.39, 0.29) is 5.91 Å². The van der Waals surface area contributed by atoms with E-state index in [2.05, 4.69) is 26.3 Å². The molecule has 1 heterocycles. The zero-order valence-electron chi connectivity index (χ0n) is 13.2. The molecule has 0 fully saturated rings. The minimum Gasteiger partial charge on any atom is -0.311 e. The molecule has 3 rings (SSSR count). The first-order valence-electron chi connectivity index (χ1n) is 7.81. The highest BCUT2D eigenvalue weighted by atomic mass is 79.9. The zero-order valence-corrected chi connectivity index (χ0v) is 14.7. The fraction of sp³-hybridized carbons (Fsp3) is 0.158. The van der Waals surface area contributed by atoms with Crippen molar-refractivity contribution in [1.29, 1.82) is 0 Å². The Bertz CT molecular complexity index is 814. The molecule has 2 aromatic carbocycles. The topological polar surface area (TPSA) is 46.9 Å². The van der Waals surface area contributed by atoms with Gasteiger partial charge in [0.2, 0.25) is 5.91 Å². The van der Waals surface area contributed by atoms with Gasteiger partial charge in [-0.15, -0.1) is 0 Å². The van der Waals surface area contributed by atoms with Gasteiger partial charge in [0.1, 0.15) is 5.82 Å². The van der Waals surface area contributed by atoms with Gasteiger partial charge in [0, 0.05) is 17.0 Å². The molecule has 0 saturated heterocycles. The Kier molecular flexibility index (Phi) is 5.43. The molecular formula is C19H18BrN3O. The van der Waals surface area contributed by atoms with E-state index >= 15 is 0 Å². The summed E-state index contributed by atoms with van der Waals surface area (Å²) in [4.78, 5) is 12.2. The van der Waals surface area contributed by atoms with Crippen LogP contribution in [-0.2, 0) is 17.8 Å². The molecular weight excluding hydrogens is 366 g/mol. The molecule has 0 spiro atoms. The third-order valence-corrected chi connectivity index (χ3v) is 4.52. The number of hydrogen-bond donors (Lipinski definition) is 1. The number of aromatic nitrogens is 2. The summed E-state index contributed by atoms with van der Waals surface area (Å²) in [5.74, 6) is 0.705. The van der Waals surface area contributed by atoms with Crippen LogP contribution in [0.5, 0.6) is 0 Å². The summed E-state index contributed by atoms with van der Waals surface area (Å²) in [5.41, 5.74) is 2.27. The number of anilines is 1. The first kappa shape index (κ1) is 16.5. The number of hydrogen-bond acceptors (Lipinski definition) is 2. The molecule has 0 atom stereocenters. The van der Waals surface area contributed by atoms with Crippen molar-refractivity contribution in [2.45, 2.75) is 19.4 Å². The van der Waals surface area contributed by atoms with Crippen molar-refractivity contribution in [3.8, 4) is 0 Å². The van der Waals surface area contributed by atoms with Crippen molar-refractivity contribution in [3.63, 3.8) is 0 Å². The molecule has 0 unspecified atom stereocenters. The lowest BCUT2D eigenvalue weighted by Crippen LogP contribution is -2.16. The van der Waals surface area contributed by atoms with E-state index in [1.165, 1.54) is 0 Å². The highest BCUT2D eigenvalue weighted by molar-refractivity contribution is 9.10.